The molecule has 1 aromatic carbocycles. The Hall–Kier alpha value is -3.14. The van der Waals surface area contributed by atoms with Crippen LogP contribution in [0.4, 0.5) is 8.78 Å². The van der Waals surface area contributed by atoms with Gasteiger partial charge in [-0.15, -0.1) is 0 Å². The number of rotatable bonds is 4. The van der Waals surface area contributed by atoms with E-state index >= 15 is 0 Å². The van der Waals surface area contributed by atoms with Crippen molar-refractivity contribution in [1.29, 1.82) is 0 Å². The van der Waals surface area contributed by atoms with Gasteiger partial charge in [-0.3, -0.25) is 4.79 Å². The smallest absolute Gasteiger partial charge is 0.253 e. The Morgan fingerprint density at radius 1 is 1.14 bits per heavy atom. The number of aryl methyl sites for hydroxylation is 2. The minimum absolute atomic E-state index is 0.0397. The quantitative estimate of drug-likeness (QED) is 0.618. The highest BCUT2D eigenvalue weighted by atomic mass is 32.2. The molecule has 0 aliphatic carbocycles. The third kappa shape index (κ3) is 3.91. The molecule has 0 N–H and O–H groups in total. The number of nitrogens with zero attached hydrogens (tertiary/aromatic N) is 3. The van der Waals surface area contributed by atoms with Gasteiger partial charge >= 0.3 is 0 Å². The van der Waals surface area contributed by atoms with Crippen molar-refractivity contribution in [2.24, 2.45) is 7.05 Å². The maximum atomic E-state index is 14.0. The van der Waals surface area contributed by atoms with Crippen LogP contribution in [0.5, 0.6) is 11.5 Å². The normalized spacial score (nSPS) is 11.5. The van der Waals surface area contributed by atoms with E-state index in [2.05, 4.69) is 9.97 Å². The van der Waals surface area contributed by atoms with Crippen LogP contribution in [0.15, 0.2) is 46.6 Å². The lowest BCUT2D eigenvalue weighted by Crippen LogP contribution is -2.18. The van der Waals surface area contributed by atoms with Crippen LogP contribution in [0.1, 0.15) is 5.56 Å². The molecule has 146 valence electrons. The second-order valence-electron chi connectivity index (χ2n) is 6.14. The first-order chi connectivity index (χ1) is 13.1. The molecule has 0 atom stereocenters. The minimum Gasteiger partial charge on any atom is -0.450 e. The van der Waals surface area contributed by atoms with Gasteiger partial charge in [0.25, 0.3) is 5.56 Å². The number of sulfone groups is 1. The summed E-state index contributed by atoms with van der Waals surface area (Å²) in [7, 11) is -2.21. The third-order valence-electron chi connectivity index (χ3n) is 3.81. The van der Waals surface area contributed by atoms with E-state index in [1.165, 1.54) is 23.9 Å². The zero-order valence-electron chi connectivity index (χ0n) is 15.1. The Bertz CT molecular complexity index is 1210. The number of aromatic nitrogens is 3. The topological polar surface area (TPSA) is 91.2 Å². The summed E-state index contributed by atoms with van der Waals surface area (Å²) < 4.78 is 57.6. The fourth-order valence-corrected chi connectivity index (χ4v) is 3.00. The molecule has 10 heteroatoms. The van der Waals surface area contributed by atoms with Crippen LogP contribution in [0.3, 0.4) is 0 Å². The average Bonchev–Trinajstić information content (AvgIpc) is 2.61. The molecule has 0 bridgehead atoms. The minimum atomic E-state index is -3.74. The van der Waals surface area contributed by atoms with Crippen molar-refractivity contribution in [2.75, 3.05) is 6.26 Å². The van der Waals surface area contributed by atoms with Crippen LogP contribution in [-0.4, -0.2) is 29.2 Å². The third-order valence-corrected chi connectivity index (χ3v) is 4.67. The van der Waals surface area contributed by atoms with Gasteiger partial charge in [0.05, 0.1) is 6.20 Å². The van der Waals surface area contributed by atoms with Crippen LogP contribution in [0, 0.1) is 18.6 Å². The van der Waals surface area contributed by atoms with E-state index in [9.17, 15) is 22.0 Å². The summed E-state index contributed by atoms with van der Waals surface area (Å²) >= 11 is 0. The molecule has 3 rings (SSSR count). The zero-order valence-corrected chi connectivity index (χ0v) is 15.9. The summed E-state index contributed by atoms with van der Waals surface area (Å²) in [5.41, 5.74) is 0.550. The summed E-state index contributed by atoms with van der Waals surface area (Å²) in [6.45, 7) is 1.59. The SMILES string of the molecule is Cc1cc(-c2nc(S(C)(=O)=O)ncc2Oc2ccc(F)cc2F)cn(C)c1=O. The van der Waals surface area contributed by atoms with E-state index in [0.717, 1.165) is 24.6 Å². The summed E-state index contributed by atoms with van der Waals surface area (Å²) in [4.78, 5) is 19.7. The van der Waals surface area contributed by atoms with Gasteiger partial charge in [-0.05, 0) is 25.1 Å². The van der Waals surface area contributed by atoms with Gasteiger partial charge in [0.15, 0.2) is 17.3 Å². The first-order valence-electron chi connectivity index (χ1n) is 7.94. The summed E-state index contributed by atoms with van der Waals surface area (Å²) in [6, 6.07) is 4.26. The summed E-state index contributed by atoms with van der Waals surface area (Å²) in [5.74, 6) is -2.08. The van der Waals surface area contributed by atoms with E-state index < -0.39 is 26.6 Å². The van der Waals surface area contributed by atoms with Crippen LogP contribution >= 0.6 is 0 Å². The Kier molecular flexibility index (Phi) is 4.99. The van der Waals surface area contributed by atoms with Gasteiger partial charge in [-0.25, -0.2) is 27.2 Å². The first-order valence-corrected chi connectivity index (χ1v) is 9.83. The molecule has 0 amide bonds. The lowest BCUT2D eigenvalue weighted by Gasteiger charge is -2.13. The van der Waals surface area contributed by atoms with E-state index in [1.807, 2.05) is 0 Å². The number of benzene rings is 1. The number of hydrogen-bond donors (Lipinski definition) is 0. The molecule has 28 heavy (non-hydrogen) atoms. The molecule has 2 heterocycles. The second-order valence-corrected chi connectivity index (χ2v) is 8.05. The molecular weight excluding hydrogens is 392 g/mol. The monoisotopic (exact) mass is 407 g/mol. The summed E-state index contributed by atoms with van der Waals surface area (Å²) in [5, 5.41) is -0.457. The van der Waals surface area contributed by atoms with Gasteiger partial charge in [-0.1, -0.05) is 0 Å². The highest BCUT2D eigenvalue weighted by Crippen LogP contribution is 2.33. The van der Waals surface area contributed by atoms with Crippen molar-refractivity contribution in [2.45, 2.75) is 12.1 Å². The predicted octanol–water partition coefficient (Wildman–Crippen LogP) is 2.62. The van der Waals surface area contributed by atoms with E-state index in [0.29, 0.717) is 17.2 Å². The molecule has 7 nitrogen and oxygen atoms in total. The molecule has 3 aromatic rings. The molecule has 0 radical (unpaired) electrons. The van der Waals surface area contributed by atoms with Gasteiger partial charge < -0.3 is 9.30 Å². The molecule has 0 saturated carbocycles. The van der Waals surface area contributed by atoms with Gasteiger partial charge in [0.2, 0.25) is 15.0 Å². The zero-order chi connectivity index (χ0) is 20.6. The van der Waals surface area contributed by atoms with Crippen molar-refractivity contribution < 1.29 is 21.9 Å². The van der Waals surface area contributed by atoms with E-state index in [4.69, 9.17) is 4.74 Å². The maximum Gasteiger partial charge on any atom is 0.253 e. The molecule has 0 unspecified atom stereocenters. The highest BCUT2D eigenvalue weighted by Gasteiger charge is 2.19. The molecule has 0 aliphatic rings. The lowest BCUT2D eigenvalue weighted by molar-refractivity contribution is 0.434. The molecule has 0 fully saturated rings. The highest BCUT2D eigenvalue weighted by molar-refractivity contribution is 7.90. The fraction of sp³-hybridized carbons (Fsp3) is 0.167. The Morgan fingerprint density at radius 3 is 2.46 bits per heavy atom. The van der Waals surface area contributed by atoms with Crippen molar-refractivity contribution >= 4 is 9.84 Å². The first kappa shape index (κ1) is 19.6. The van der Waals surface area contributed by atoms with Crippen LogP contribution < -0.4 is 10.3 Å². The second kappa shape index (κ2) is 7.12. The Balaban J connectivity index is 2.21. The van der Waals surface area contributed by atoms with Gasteiger partial charge in [-0.2, -0.15) is 0 Å². The number of halogens is 2. The van der Waals surface area contributed by atoms with Crippen LogP contribution in [0.2, 0.25) is 0 Å². The lowest BCUT2D eigenvalue weighted by atomic mass is 10.1. The molecule has 2 aromatic heterocycles. The van der Waals surface area contributed by atoms with Crippen molar-refractivity contribution in [3.8, 4) is 22.8 Å². The molecular formula is C18H15F2N3O4S. The maximum absolute atomic E-state index is 14.0. The van der Waals surface area contributed by atoms with E-state index in [1.54, 1.807) is 6.92 Å². The van der Waals surface area contributed by atoms with Crippen molar-refractivity contribution in [1.82, 2.24) is 14.5 Å². The Labute approximate surface area is 159 Å². The standard InChI is InChI=1S/C18H15F2N3O4S/c1-10-6-11(9-23(2)17(10)24)16-15(8-21-18(22-16)28(3,25)26)27-14-5-4-12(19)7-13(14)20/h4-9H,1-3H3. The predicted molar refractivity (Wildman–Crippen MR) is 97.0 cm³/mol. The molecule has 0 aliphatic heterocycles. The number of ether oxygens (including phenoxy) is 1. The largest absolute Gasteiger partial charge is 0.450 e. The van der Waals surface area contributed by atoms with Crippen LogP contribution in [0.25, 0.3) is 11.3 Å². The Morgan fingerprint density at radius 2 is 1.86 bits per heavy atom. The molecule has 0 spiro atoms. The van der Waals surface area contributed by atoms with Crippen molar-refractivity contribution in [3.63, 3.8) is 0 Å². The fourth-order valence-electron chi connectivity index (χ4n) is 2.50. The average molecular weight is 407 g/mol. The van der Waals surface area contributed by atoms with Crippen LogP contribution in [-0.2, 0) is 16.9 Å². The van der Waals surface area contributed by atoms with Gasteiger partial charge in [0.1, 0.15) is 11.5 Å². The summed E-state index contributed by atoms with van der Waals surface area (Å²) in [6.07, 6.45) is 3.47. The van der Waals surface area contributed by atoms with E-state index in [-0.39, 0.29) is 22.8 Å². The van der Waals surface area contributed by atoms with Gasteiger partial charge in [0, 0.05) is 36.7 Å². The molecule has 0 saturated heterocycles. The van der Waals surface area contributed by atoms with Crippen molar-refractivity contribution in [3.05, 3.63) is 64.2 Å². The number of pyridine rings is 1. The number of hydrogen-bond acceptors (Lipinski definition) is 6.